The van der Waals surface area contributed by atoms with Crippen molar-refractivity contribution in [3.05, 3.63) is 12.7 Å². The van der Waals surface area contributed by atoms with E-state index < -0.39 is 12.1 Å². The zero-order valence-corrected chi connectivity index (χ0v) is 10.4. The summed E-state index contributed by atoms with van der Waals surface area (Å²) in [5.41, 5.74) is 4.51. The van der Waals surface area contributed by atoms with E-state index in [1.807, 2.05) is 6.92 Å². The summed E-state index contributed by atoms with van der Waals surface area (Å²) in [7, 11) is 0. The number of hydrogen-bond acceptors (Lipinski definition) is 3. The van der Waals surface area contributed by atoms with E-state index in [4.69, 9.17) is 4.74 Å². The fourth-order valence-corrected chi connectivity index (χ4v) is 0.907. The molecule has 17 heavy (non-hydrogen) atoms. The second kappa shape index (κ2) is 9.65. The van der Waals surface area contributed by atoms with Gasteiger partial charge in [-0.2, -0.15) is 0 Å². The van der Waals surface area contributed by atoms with Gasteiger partial charge in [0, 0.05) is 6.54 Å². The van der Waals surface area contributed by atoms with Crippen molar-refractivity contribution in [3.8, 4) is 0 Å². The summed E-state index contributed by atoms with van der Waals surface area (Å²) in [4.78, 5) is 22.5. The van der Waals surface area contributed by atoms with Gasteiger partial charge in [0.25, 0.3) is 5.91 Å². The molecule has 1 atom stereocenters. The Kier molecular flexibility index (Phi) is 8.77. The molecule has 0 radical (unpaired) electrons. The lowest BCUT2D eigenvalue weighted by Gasteiger charge is -2.13. The molecule has 0 spiro atoms. The van der Waals surface area contributed by atoms with Gasteiger partial charge in [0.2, 0.25) is 0 Å². The minimum Gasteiger partial charge on any atom is -0.368 e. The van der Waals surface area contributed by atoms with E-state index in [-0.39, 0.29) is 5.91 Å². The van der Waals surface area contributed by atoms with Crippen molar-refractivity contribution < 1.29 is 14.3 Å². The number of ether oxygens (including phenoxy) is 1. The molecule has 0 rings (SSSR count). The van der Waals surface area contributed by atoms with Gasteiger partial charge >= 0.3 is 6.03 Å². The first-order valence-electron chi connectivity index (χ1n) is 5.68. The summed E-state index contributed by atoms with van der Waals surface area (Å²) in [5, 5.41) is 2.56. The van der Waals surface area contributed by atoms with Crippen LogP contribution < -0.4 is 16.2 Å². The van der Waals surface area contributed by atoms with Crippen LogP contribution in [0.4, 0.5) is 4.79 Å². The minimum atomic E-state index is -0.610. The van der Waals surface area contributed by atoms with Crippen LogP contribution in [-0.2, 0) is 9.53 Å². The molecule has 0 bridgehead atoms. The molecule has 6 heteroatoms. The molecule has 0 saturated carbocycles. The molecule has 1 unspecified atom stereocenters. The maximum Gasteiger partial charge on any atom is 0.333 e. The molecule has 0 saturated heterocycles. The topological polar surface area (TPSA) is 79.5 Å². The van der Waals surface area contributed by atoms with Crippen molar-refractivity contribution >= 4 is 11.9 Å². The molecule has 0 aliphatic rings. The van der Waals surface area contributed by atoms with E-state index in [0.717, 1.165) is 6.42 Å². The van der Waals surface area contributed by atoms with Crippen molar-refractivity contribution in [1.29, 1.82) is 0 Å². The summed E-state index contributed by atoms with van der Waals surface area (Å²) >= 11 is 0. The van der Waals surface area contributed by atoms with Crippen molar-refractivity contribution in [3.63, 3.8) is 0 Å². The molecule has 0 aromatic rings. The summed E-state index contributed by atoms with van der Waals surface area (Å²) in [5.74, 6) is -0.388. The van der Waals surface area contributed by atoms with E-state index >= 15 is 0 Å². The van der Waals surface area contributed by atoms with E-state index in [1.54, 1.807) is 13.0 Å². The molecular weight excluding hydrogens is 222 g/mol. The zero-order valence-electron chi connectivity index (χ0n) is 10.4. The predicted octanol–water partition coefficient (Wildman–Crippen LogP) is 0.708. The van der Waals surface area contributed by atoms with Gasteiger partial charge in [0.15, 0.2) is 0 Å². The molecule has 0 fully saturated rings. The van der Waals surface area contributed by atoms with Crippen molar-refractivity contribution in [2.45, 2.75) is 32.8 Å². The van der Waals surface area contributed by atoms with Gasteiger partial charge in [-0.15, -0.1) is 6.58 Å². The minimum absolute atomic E-state index is 0.388. The summed E-state index contributed by atoms with van der Waals surface area (Å²) in [6.45, 7) is 8.09. The Hall–Kier alpha value is -1.56. The Bertz CT molecular complexity index is 256. The Morgan fingerprint density at radius 1 is 1.41 bits per heavy atom. The molecule has 0 aliphatic carbocycles. The molecule has 6 nitrogen and oxygen atoms in total. The van der Waals surface area contributed by atoms with Crippen LogP contribution in [-0.4, -0.2) is 31.2 Å². The van der Waals surface area contributed by atoms with Gasteiger partial charge in [-0.25, -0.2) is 10.2 Å². The lowest BCUT2D eigenvalue weighted by atomic mass is 10.4. The first kappa shape index (κ1) is 15.4. The average molecular weight is 243 g/mol. The van der Waals surface area contributed by atoms with Crippen LogP contribution in [0.25, 0.3) is 0 Å². The molecule has 0 aliphatic heterocycles. The second-order valence-corrected chi connectivity index (χ2v) is 3.46. The smallest absolute Gasteiger partial charge is 0.333 e. The standard InChI is InChI=1S/C11H21N3O3/c1-4-6-8-17-9(3)10(15)13-14-11(16)12-7-5-2/h4,9H,1,5-8H2,2-3H3,(H,13,15)(H2,12,14,16). The fourth-order valence-electron chi connectivity index (χ4n) is 0.907. The van der Waals surface area contributed by atoms with Gasteiger partial charge in [-0.05, 0) is 19.8 Å². The molecule has 0 heterocycles. The number of rotatable bonds is 7. The normalized spacial score (nSPS) is 11.4. The summed E-state index contributed by atoms with van der Waals surface area (Å²) in [6, 6.07) is -0.432. The Balaban J connectivity index is 3.69. The highest BCUT2D eigenvalue weighted by atomic mass is 16.5. The highest BCUT2D eigenvalue weighted by Gasteiger charge is 2.13. The first-order chi connectivity index (χ1) is 8.11. The average Bonchev–Trinajstić information content (AvgIpc) is 2.33. The monoisotopic (exact) mass is 243 g/mol. The molecular formula is C11H21N3O3. The Morgan fingerprint density at radius 3 is 2.71 bits per heavy atom. The van der Waals surface area contributed by atoms with Crippen LogP contribution >= 0.6 is 0 Å². The predicted molar refractivity (Wildman–Crippen MR) is 65.2 cm³/mol. The first-order valence-corrected chi connectivity index (χ1v) is 5.68. The Labute approximate surface area is 102 Å². The second-order valence-electron chi connectivity index (χ2n) is 3.46. The largest absolute Gasteiger partial charge is 0.368 e. The number of hydrazine groups is 1. The maximum atomic E-state index is 11.4. The van der Waals surface area contributed by atoms with Crippen molar-refractivity contribution in [2.24, 2.45) is 0 Å². The highest BCUT2D eigenvalue weighted by Crippen LogP contribution is 1.92. The van der Waals surface area contributed by atoms with E-state index in [0.29, 0.717) is 19.6 Å². The van der Waals surface area contributed by atoms with Crippen LogP contribution in [0, 0.1) is 0 Å². The number of nitrogens with one attached hydrogen (secondary N) is 3. The van der Waals surface area contributed by atoms with Gasteiger partial charge in [-0.1, -0.05) is 13.0 Å². The van der Waals surface area contributed by atoms with E-state index in [1.165, 1.54) is 0 Å². The molecule has 3 N–H and O–H groups in total. The highest BCUT2D eigenvalue weighted by molar-refractivity contribution is 5.83. The van der Waals surface area contributed by atoms with Crippen LogP contribution in [0.15, 0.2) is 12.7 Å². The number of carbonyl (C=O) groups is 2. The van der Waals surface area contributed by atoms with Gasteiger partial charge < -0.3 is 10.1 Å². The lowest BCUT2D eigenvalue weighted by molar-refractivity contribution is -0.132. The van der Waals surface area contributed by atoms with Crippen LogP contribution in [0.2, 0.25) is 0 Å². The van der Waals surface area contributed by atoms with Gasteiger partial charge in [0.1, 0.15) is 6.10 Å². The van der Waals surface area contributed by atoms with E-state index in [2.05, 4.69) is 22.7 Å². The van der Waals surface area contributed by atoms with Crippen LogP contribution in [0.3, 0.4) is 0 Å². The summed E-state index contributed by atoms with van der Waals surface area (Å²) < 4.78 is 5.20. The lowest BCUT2D eigenvalue weighted by Crippen LogP contribution is -2.50. The van der Waals surface area contributed by atoms with Gasteiger partial charge in [-0.3, -0.25) is 10.2 Å². The number of urea groups is 1. The third-order valence-electron chi connectivity index (χ3n) is 1.89. The van der Waals surface area contributed by atoms with Crippen molar-refractivity contribution in [2.75, 3.05) is 13.2 Å². The number of hydrogen-bond donors (Lipinski definition) is 3. The molecule has 0 aromatic heterocycles. The number of amides is 3. The van der Waals surface area contributed by atoms with Crippen LogP contribution in [0.1, 0.15) is 26.7 Å². The molecule has 3 amide bonds. The summed E-state index contributed by atoms with van der Waals surface area (Å²) in [6.07, 6.45) is 2.62. The quantitative estimate of drug-likeness (QED) is 0.350. The third-order valence-corrected chi connectivity index (χ3v) is 1.89. The SMILES string of the molecule is C=CCCOC(C)C(=O)NNC(=O)NCCC. The molecule has 0 aromatic carbocycles. The van der Waals surface area contributed by atoms with Gasteiger partial charge in [0.05, 0.1) is 6.61 Å². The number of carbonyl (C=O) groups excluding carboxylic acids is 2. The van der Waals surface area contributed by atoms with E-state index in [9.17, 15) is 9.59 Å². The Morgan fingerprint density at radius 2 is 2.12 bits per heavy atom. The molecule has 98 valence electrons. The fraction of sp³-hybridized carbons (Fsp3) is 0.636. The van der Waals surface area contributed by atoms with Crippen LogP contribution in [0.5, 0.6) is 0 Å². The third kappa shape index (κ3) is 8.27. The zero-order chi connectivity index (χ0) is 13.1. The van der Waals surface area contributed by atoms with Crippen molar-refractivity contribution in [1.82, 2.24) is 16.2 Å². The maximum absolute atomic E-state index is 11.4.